The maximum atomic E-state index is 11.9. The molecule has 2 aromatic rings. The first-order valence-electron chi connectivity index (χ1n) is 6.57. The van der Waals surface area contributed by atoms with Gasteiger partial charge in [0.1, 0.15) is 5.56 Å². The predicted molar refractivity (Wildman–Crippen MR) is 85.2 cm³/mol. The number of aliphatic imine (C=N–C) groups is 1. The maximum absolute atomic E-state index is 11.9. The Labute approximate surface area is 135 Å². The number of hydrogen-bond donors (Lipinski definition) is 0. The van der Waals surface area contributed by atoms with E-state index >= 15 is 0 Å². The van der Waals surface area contributed by atoms with Crippen molar-refractivity contribution in [3.8, 4) is 0 Å². The third-order valence-electron chi connectivity index (χ3n) is 3.15. The monoisotopic (exact) mass is 328 g/mol. The van der Waals surface area contributed by atoms with Crippen molar-refractivity contribution in [3.05, 3.63) is 80.5 Å². The molecule has 0 unspecified atom stereocenters. The number of carbonyl (C=O) groups excluding carboxylic acids is 1. The van der Waals surface area contributed by atoms with Gasteiger partial charge in [-0.15, -0.1) is 0 Å². The minimum atomic E-state index is -0.682. The van der Waals surface area contributed by atoms with Crippen molar-refractivity contribution in [1.29, 1.82) is 0 Å². The van der Waals surface area contributed by atoms with Crippen molar-refractivity contribution in [1.82, 2.24) is 0 Å². The van der Waals surface area contributed by atoms with Gasteiger partial charge < -0.3 is 4.74 Å². The van der Waals surface area contributed by atoms with Crippen molar-refractivity contribution in [2.24, 2.45) is 4.99 Å². The Morgan fingerprint density at radius 3 is 2.57 bits per heavy atom. The highest BCUT2D eigenvalue weighted by molar-refractivity contribution is 6.32. The van der Waals surface area contributed by atoms with E-state index in [4.69, 9.17) is 16.3 Å². The number of esters is 1. The summed E-state index contributed by atoms with van der Waals surface area (Å²) in [5.41, 5.74) is 0.603. The van der Waals surface area contributed by atoms with E-state index in [1.807, 2.05) is 0 Å². The molecule has 0 N–H and O–H groups in total. The standard InChI is InChI=1S/C16H9ClN2O4/c17-12-7-3-1-5-10(12)9-13-16(20)23-15(18-13)11-6-2-4-8-14(11)19(21)22/h1-9H/b13-9-. The zero-order chi connectivity index (χ0) is 16.4. The van der Waals surface area contributed by atoms with Crippen LogP contribution in [0.1, 0.15) is 11.1 Å². The Balaban J connectivity index is 2.03. The Morgan fingerprint density at radius 2 is 1.83 bits per heavy atom. The largest absolute Gasteiger partial charge is 0.402 e. The summed E-state index contributed by atoms with van der Waals surface area (Å²) in [6, 6.07) is 12.9. The maximum Gasteiger partial charge on any atom is 0.363 e. The number of carbonyl (C=O) groups is 1. The number of ether oxygens (including phenoxy) is 1. The normalized spacial score (nSPS) is 15.4. The van der Waals surface area contributed by atoms with Crippen molar-refractivity contribution >= 4 is 35.2 Å². The van der Waals surface area contributed by atoms with Gasteiger partial charge in [-0.2, -0.15) is 0 Å². The van der Waals surface area contributed by atoms with Gasteiger partial charge in [0, 0.05) is 11.1 Å². The highest BCUT2D eigenvalue weighted by Crippen LogP contribution is 2.26. The summed E-state index contributed by atoms with van der Waals surface area (Å²) in [7, 11) is 0. The van der Waals surface area contributed by atoms with E-state index in [0.29, 0.717) is 10.6 Å². The number of benzene rings is 2. The highest BCUT2D eigenvalue weighted by Gasteiger charge is 2.28. The van der Waals surface area contributed by atoms with E-state index in [9.17, 15) is 14.9 Å². The van der Waals surface area contributed by atoms with Crippen LogP contribution in [0.5, 0.6) is 0 Å². The van der Waals surface area contributed by atoms with Crippen LogP contribution in [0.4, 0.5) is 5.69 Å². The van der Waals surface area contributed by atoms with Crippen molar-refractivity contribution in [2.45, 2.75) is 0 Å². The molecule has 3 rings (SSSR count). The molecule has 2 aromatic carbocycles. The summed E-state index contributed by atoms with van der Waals surface area (Å²) in [5.74, 6) is -0.779. The van der Waals surface area contributed by atoms with E-state index in [1.54, 1.807) is 30.3 Å². The molecule has 0 fully saturated rings. The smallest absolute Gasteiger partial charge is 0.363 e. The average Bonchev–Trinajstić information content (AvgIpc) is 2.90. The molecule has 0 saturated carbocycles. The van der Waals surface area contributed by atoms with E-state index < -0.39 is 10.9 Å². The minimum absolute atomic E-state index is 0.0336. The molecular formula is C16H9ClN2O4. The fraction of sp³-hybridized carbons (Fsp3) is 0. The van der Waals surface area contributed by atoms with Crippen molar-refractivity contribution in [3.63, 3.8) is 0 Å². The second kappa shape index (κ2) is 6.02. The average molecular weight is 329 g/mol. The number of nitrogens with zero attached hydrogens (tertiary/aromatic N) is 2. The first-order chi connectivity index (χ1) is 11.1. The number of para-hydroxylation sites is 1. The highest BCUT2D eigenvalue weighted by atomic mass is 35.5. The van der Waals surface area contributed by atoms with Gasteiger partial charge in [0.2, 0.25) is 5.90 Å². The lowest BCUT2D eigenvalue weighted by molar-refractivity contribution is -0.385. The Kier molecular flexibility index (Phi) is 3.91. The molecule has 0 amide bonds. The van der Waals surface area contributed by atoms with Gasteiger partial charge in [0.25, 0.3) is 5.69 Å². The van der Waals surface area contributed by atoms with Crippen LogP contribution in [0.3, 0.4) is 0 Å². The van der Waals surface area contributed by atoms with Gasteiger partial charge in [-0.05, 0) is 23.8 Å². The number of rotatable bonds is 3. The van der Waals surface area contributed by atoms with Crippen molar-refractivity contribution < 1.29 is 14.5 Å². The van der Waals surface area contributed by atoms with Crippen LogP contribution >= 0.6 is 11.6 Å². The zero-order valence-corrected chi connectivity index (χ0v) is 12.4. The lowest BCUT2D eigenvalue weighted by atomic mass is 10.2. The fourth-order valence-electron chi connectivity index (χ4n) is 2.08. The lowest BCUT2D eigenvalue weighted by Crippen LogP contribution is -2.07. The molecule has 0 radical (unpaired) electrons. The predicted octanol–water partition coefficient (Wildman–Crippen LogP) is 3.59. The summed E-state index contributed by atoms with van der Waals surface area (Å²) in [6.45, 7) is 0. The van der Waals surface area contributed by atoms with Crippen LogP contribution < -0.4 is 0 Å². The Morgan fingerprint density at radius 1 is 1.13 bits per heavy atom. The molecular weight excluding hydrogens is 320 g/mol. The molecule has 7 heteroatoms. The van der Waals surface area contributed by atoms with Gasteiger partial charge in [-0.25, -0.2) is 9.79 Å². The van der Waals surface area contributed by atoms with Crippen LogP contribution in [0, 0.1) is 10.1 Å². The molecule has 6 nitrogen and oxygen atoms in total. The molecule has 0 atom stereocenters. The molecule has 0 bridgehead atoms. The van der Waals surface area contributed by atoms with Crippen LogP contribution in [-0.4, -0.2) is 16.8 Å². The van der Waals surface area contributed by atoms with Gasteiger partial charge in [-0.3, -0.25) is 10.1 Å². The van der Waals surface area contributed by atoms with Gasteiger partial charge in [-0.1, -0.05) is 41.9 Å². The van der Waals surface area contributed by atoms with Gasteiger partial charge >= 0.3 is 5.97 Å². The van der Waals surface area contributed by atoms with E-state index in [-0.39, 0.29) is 22.8 Å². The molecule has 1 heterocycles. The molecule has 114 valence electrons. The van der Waals surface area contributed by atoms with Crippen LogP contribution in [0.25, 0.3) is 6.08 Å². The van der Waals surface area contributed by atoms with Crippen molar-refractivity contribution in [2.75, 3.05) is 0 Å². The number of nitro groups is 1. The lowest BCUT2D eigenvalue weighted by Gasteiger charge is -2.00. The summed E-state index contributed by atoms with van der Waals surface area (Å²) >= 11 is 6.04. The second-order valence-electron chi connectivity index (χ2n) is 4.63. The SMILES string of the molecule is O=C1OC(c2ccccc2[N+](=O)[O-])=N/C1=C\c1ccccc1Cl. The number of hydrogen-bond acceptors (Lipinski definition) is 5. The summed E-state index contributed by atoms with van der Waals surface area (Å²) in [4.78, 5) is 26.5. The molecule has 0 spiro atoms. The van der Waals surface area contributed by atoms with Crippen LogP contribution in [0.2, 0.25) is 5.02 Å². The third kappa shape index (κ3) is 2.97. The topological polar surface area (TPSA) is 81.8 Å². The molecule has 0 aromatic heterocycles. The summed E-state index contributed by atoms with van der Waals surface area (Å²) in [5, 5.41) is 11.5. The third-order valence-corrected chi connectivity index (χ3v) is 3.49. The van der Waals surface area contributed by atoms with Crippen LogP contribution in [0.15, 0.2) is 59.2 Å². The van der Waals surface area contributed by atoms with E-state index in [2.05, 4.69) is 4.99 Å². The first kappa shape index (κ1) is 14.9. The summed E-state index contributed by atoms with van der Waals surface area (Å²) < 4.78 is 5.06. The second-order valence-corrected chi connectivity index (χ2v) is 5.04. The first-order valence-corrected chi connectivity index (χ1v) is 6.95. The fourth-order valence-corrected chi connectivity index (χ4v) is 2.27. The minimum Gasteiger partial charge on any atom is -0.402 e. The number of halogens is 1. The Hall–Kier alpha value is -2.99. The molecule has 0 saturated heterocycles. The zero-order valence-electron chi connectivity index (χ0n) is 11.6. The molecule has 23 heavy (non-hydrogen) atoms. The van der Waals surface area contributed by atoms with Crippen LogP contribution in [-0.2, 0) is 9.53 Å². The molecule has 1 aliphatic rings. The quantitative estimate of drug-likeness (QED) is 0.373. The van der Waals surface area contributed by atoms with E-state index in [1.165, 1.54) is 24.3 Å². The summed E-state index contributed by atoms with van der Waals surface area (Å²) in [6.07, 6.45) is 1.48. The van der Waals surface area contributed by atoms with Gasteiger partial charge in [0.15, 0.2) is 5.70 Å². The molecule has 1 aliphatic heterocycles. The number of cyclic esters (lactones) is 1. The number of nitro benzene ring substituents is 1. The van der Waals surface area contributed by atoms with E-state index in [0.717, 1.165) is 0 Å². The van der Waals surface area contributed by atoms with Gasteiger partial charge in [0.05, 0.1) is 4.92 Å². The Bertz CT molecular complexity index is 874. The molecule has 0 aliphatic carbocycles.